The van der Waals surface area contributed by atoms with Gasteiger partial charge in [0.2, 0.25) is 0 Å². The second-order valence-electron chi connectivity index (χ2n) is 15.5. The van der Waals surface area contributed by atoms with Gasteiger partial charge < -0.3 is 14.2 Å². The third-order valence-corrected chi connectivity index (χ3v) is 15.4. The Hall–Kier alpha value is -4.94. The summed E-state index contributed by atoms with van der Waals surface area (Å²) >= 11 is 3.19. The van der Waals surface area contributed by atoms with Crippen molar-refractivity contribution in [3.63, 3.8) is 0 Å². The predicted molar refractivity (Wildman–Crippen MR) is 213 cm³/mol. The van der Waals surface area contributed by atoms with Crippen molar-refractivity contribution in [2.75, 3.05) is 11.9 Å². The summed E-state index contributed by atoms with van der Waals surface area (Å²) in [5, 5.41) is 3.25. The van der Waals surface area contributed by atoms with Gasteiger partial charge in [-0.1, -0.05) is 55.8 Å². The molecular weight excluding hydrogens is 760 g/mol. The summed E-state index contributed by atoms with van der Waals surface area (Å²) in [5.41, 5.74) is 3.78. The van der Waals surface area contributed by atoms with Gasteiger partial charge in [0, 0.05) is 88.0 Å². The third kappa shape index (κ3) is 4.52. The molecule has 0 amide bonds. The average molecular weight is 791 g/mol. The lowest BCUT2D eigenvalue weighted by atomic mass is 9.71. The molecule has 10 rings (SSSR count). The van der Waals surface area contributed by atoms with Crippen molar-refractivity contribution in [3.8, 4) is 32.4 Å². The SMILES string of the molecule is CC1=c2cc3c(cc2-c2sc4ccccc4c2C1(C)C)=C(c1c(F)c(F)cc(F)c1S(=O)(=O)[O-])c1cc2c(cc1O3)N(C)C(C)(C)c1c-2sc2ccccc12. The van der Waals surface area contributed by atoms with Gasteiger partial charge in [0.15, 0.2) is 11.6 Å². The molecule has 3 aliphatic rings. The maximum absolute atomic E-state index is 16.5. The summed E-state index contributed by atoms with van der Waals surface area (Å²) in [7, 11) is -3.70. The second kappa shape index (κ2) is 11.1. The Morgan fingerprint density at radius 3 is 2.00 bits per heavy atom. The molecule has 5 aromatic carbocycles. The van der Waals surface area contributed by atoms with Crippen LogP contribution >= 0.6 is 22.7 Å². The largest absolute Gasteiger partial charge is 0.744 e. The quantitative estimate of drug-likeness (QED) is 0.129. The van der Waals surface area contributed by atoms with E-state index in [9.17, 15) is 13.0 Å². The first-order valence-electron chi connectivity index (χ1n) is 17.7. The van der Waals surface area contributed by atoms with Gasteiger partial charge in [0.1, 0.15) is 32.3 Å². The Balaban J connectivity index is 1.39. The average Bonchev–Trinajstić information content (AvgIpc) is 3.73. The zero-order chi connectivity index (χ0) is 38.7. The number of halogens is 3. The zero-order valence-electron chi connectivity index (χ0n) is 30.4. The molecule has 0 radical (unpaired) electrons. The van der Waals surface area contributed by atoms with Crippen molar-refractivity contribution in [2.24, 2.45) is 0 Å². The van der Waals surface area contributed by atoms with E-state index >= 15 is 13.2 Å². The van der Waals surface area contributed by atoms with Gasteiger partial charge in [-0.3, -0.25) is 0 Å². The number of nitrogens with zero attached hydrogens (tertiary/aromatic N) is 1. The first-order valence-corrected chi connectivity index (χ1v) is 20.7. The molecule has 5 nitrogen and oxygen atoms in total. The predicted octanol–water partition coefficient (Wildman–Crippen LogP) is 10.3. The minimum absolute atomic E-state index is 0.107. The van der Waals surface area contributed by atoms with Crippen LogP contribution in [0.2, 0.25) is 0 Å². The molecular formula is C44H31F3NO4S3-. The molecule has 0 unspecified atom stereocenters. The van der Waals surface area contributed by atoms with Crippen LogP contribution in [0.15, 0.2) is 83.8 Å². The van der Waals surface area contributed by atoms with E-state index in [2.05, 4.69) is 57.7 Å². The van der Waals surface area contributed by atoms with E-state index in [1.165, 1.54) is 0 Å². The van der Waals surface area contributed by atoms with Gasteiger partial charge in [0.05, 0.1) is 5.54 Å². The van der Waals surface area contributed by atoms with E-state index in [0.717, 1.165) is 68.7 Å². The number of anilines is 1. The molecule has 55 heavy (non-hydrogen) atoms. The van der Waals surface area contributed by atoms with Gasteiger partial charge in [-0.05, 0) is 72.7 Å². The van der Waals surface area contributed by atoms with E-state index in [1.54, 1.807) is 34.8 Å². The van der Waals surface area contributed by atoms with Crippen molar-refractivity contribution in [2.45, 2.75) is 50.5 Å². The highest BCUT2D eigenvalue weighted by molar-refractivity contribution is 7.85. The minimum Gasteiger partial charge on any atom is -0.744 e. The Labute approximate surface area is 323 Å². The molecule has 0 atom stereocenters. The smallest absolute Gasteiger partial charge is 0.168 e. The Morgan fingerprint density at radius 1 is 0.727 bits per heavy atom. The molecule has 0 saturated heterocycles. The second-order valence-corrected chi connectivity index (χ2v) is 18.9. The van der Waals surface area contributed by atoms with Crippen LogP contribution in [0.1, 0.15) is 56.9 Å². The number of fused-ring (bicyclic) bond motifs is 12. The maximum atomic E-state index is 16.5. The van der Waals surface area contributed by atoms with Crippen LogP contribution < -0.4 is 20.1 Å². The van der Waals surface area contributed by atoms with Gasteiger partial charge in [-0.25, -0.2) is 21.6 Å². The normalized spacial score (nSPS) is 16.3. The van der Waals surface area contributed by atoms with Crippen LogP contribution in [0.25, 0.3) is 52.2 Å². The van der Waals surface area contributed by atoms with Crippen molar-refractivity contribution >= 4 is 69.8 Å². The van der Waals surface area contributed by atoms with E-state index in [4.69, 9.17) is 4.74 Å². The summed E-state index contributed by atoms with van der Waals surface area (Å²) in [6, 6.07) is 23.5. The molecule has 0 spiro atoms. The summed E-state index contributed by atoms with van der Waals surface area (Å²) < 4.78 is 95.1. The number of benzene rings is 5. The standard InChI is InChI=1S/C44H32F3NO4S3/c1-20-23-17-31-26(15-24(23)40-37(43(20,2)3)21-11-7-9-13-33(21)53-40)35(36-39(47)28(45)18-29(46)42(36)55(49,50)51)27-16-25-30(19-32(27)52-31)48(6)44(4,5)38-22-12-8-10-14-34(22)54-41(25)38/h7-19H,1-6H3,(H,49,50,51)/p-1. The first kappa shape index (κ1) is 34.5. The van der Waals surface area contributed by atoms with E-state index < -0.39 is 49.0 Å². The van der Waals surface area contributed by atoms with Crippen molar-refractivity contribution in [3.05, 3.63) is 129 Å². The molecule has 4 heterocycles. The van der Waals surface area contributed by atoms with Crippen LogP contribution in [-0.4, -0.2) is 20.0 Å². The lowest BCUT2D eigenvalue weighted by Gasteiger charge is -2.43. The van der Waals surface area contributed by atoms with Crippen LogP contribution in [0.3, 0.4) is 0 Å². The summed E-state index contributed by atoms with van der Waals surface area (Å²) in [6.07, 6.45) is 0. The minimum atomic E-state index is -5.67. The highest BCUT2D eigenvalue weighted by Gasteiger charge is 2.41. The lowest BCUT2D eigenvalue weighted by molar-refractivity contribution is 0.442. The molecule has 276 valence electrons. The van der Waals surface area contributed by atoms with Crippen LogP contribution in [0.4, 0.5) is 18.9 Å². The summed E-state index contributed by atoms with van der Waals surface area (Å²) in [4.78, 5) is 2.59. The molecule has 7 aromatic rings. The van der Waals surface area contributed by atoms with Gasteiger partial charge >= 0.3 is 0 Å². The van der Waals surface area contributed by atoms with Crippen LogP contribution in [0.5, 0.6) is 11.5 Å². The number of thiophene rings is 2. The fraction of sp³-hybridized carbons (Fsp3) is 0.182. The van der Waals surface area contributed by atoms with Gasteiger partial charge in [0.25, 0.3) is 0 Å². The first-order chi connectivity index (χ1) is 26.0. The number of hydrogen-bond acceptors (Lipinski definition) is 7. The lowest BCUT2D eigenvalue weighted by Crippen LogP contribution is -2.41. The molecule has 11 heteroatoms. The van der Waals surface area contributed by atoms with Crippen molar-refractivity contribution in [1.82, 2.24) is 0 Å². The van der Waals surface area contributed by atoms with E-state index in [1.807, 2.05) is 49.5 Å². The number of hydrogen-bond donors (Lipinski definition) is 0. The van der Waals surface area contributed by atoms with Crippen LogP contribution in [0, 0.1) is 17.5 Å². The van der Waals surface area contributed by atoms with E-state index in [-0.39, 0.29) is 33.9 Å². The highest BCUT2D eigenvalue weighted by atomic mass is 32.2. The van der Waals surface area contributed by atoms with Gasteiger partial charge in [-0.15, -0.1) is 22.7 Å². The summed E-state index contributed by atoms with van der Waals surface area (Å²) in [5.74, 6) is -4.48. The fourth-order valence-corrected chi connectivity index (χ4v) is 12.5. The number of rotatable bonds is 2. The molecule has 2 aromatic heterocycles. The van der Waals surface area contributed by atoms with Gasteiger partial charge in [-0.2, -0.15) is 0 Å². The molecule has 2 aliphatic heterocycles. The highest BCUT2D eigenvalue weighted by Crippen LogP contribution is 2.56. The monoisotopic (exact) mass is 790 g/mol. The zero-order valence-corrected chi connectivity index (χ0v) is 32.9. The Morgan fingerprint density at radius 2 is 1.35 bits per heavy atom. The Bertz CT molecular complexity index is 3180. The summed E-state index contributed by atoms with van der Waals surface area (Å²) in [6.45, 7) is 10.7. The number of ether oxygens (including phenoxy) is 1. The maximum Gasteiger partial charge on any atom is 0.168 e. The topological polar surface area (TPSA) is 69.7 Å². The third-order valence-electron chi connectivity index (χ3n) is 12.1. The molecule has 0 fully saturated rings. The molecule has 0 bridgehead atoms. The molecule has 0 saturated carbocycles. The van der Waals surface area contributed by atoms with Crippen LogP contribution in [-0.2, 0) is 21.1 Å². The fourth-order valence-electron chi connectivity index (χ4n) is 8.94. The molecule has 0 N–H and O–H groups in total. The van der Waals surface area contributed by atoms with E-state index in [0.29, 0.717) is 0 Å². The van der Waals surface area contributed by atoms with Crippen molar-refractivity contribution < 1.29 is 30.9 Å². The Kier molecular flexibility index (Phi) is 6.97. The molecule has 1 aliphatic carbocycles. The van der Waals surface area contributed by atoms with Crippen molar-refractivity contribution in [1.29, 1.82) is 0 Å².